The van der Waals surface area contributed by atoms with Crippen LogP contribution in [0.4, 0.5) is 17.1 Å². The number of amides is 2. The molecule has 2 amide bonds. The monoisotopic (exact) mass is 377 g/mol. The maximum absolute atomic E-state index is 12.8. The van der Waals surface area contributed by atoms with E-state index in [0.29, 0.717) is 11.5 Å². The molecule has 5 heteroatoms. The van der Waals surface area contributed by atoms with Crippen LogP contribution < -0.4 is 15.1 Å². The van der Waals surface area contributed by atoms with Gasteiger partial charge in [-0.1, -0.05) is 26.0 Å². The van der Waals surface area contributed by atoms with E-state index in [2.05, 4.69) is 24.1 Å². The Morgan fingerprint density at radius 3 is 2.54 bits per heavy atom. The second-order valence-corrected chi connectivity index (χ2v) is 8.04. The van der Waals surface area contributed by atoms with Crippen molar-refractivity contribution in [1.82, 2.24) is 0 Å². The van der Waals surface area contributed by atoms with Gasteiger partial charge in [-0.15, -0.1) is 0 Å². The molecule has 2 aromatic carbocycles. The molecule has 2 aliphatic heterocycles. The van der Waals surface area contributed by atoms with E-state index in [0.717, 1.165) is 42.9 Å². The van der Waals surface area contributed by atoms with Gasteiger partial charge in [0.1, 0.15) is 6.04 Å². The number of benzene rings is 2. The van der Waals surface area contributed by atoms with E-state index >= 15 is 0 Å². The first-order valence-electron chi connectivity index (χ1n) is 10.1. The number of fused-ring (bicyclic) bond motifs is 3. The van der Waals surface area contributed by atoms with Crippen molar-refractivity contribution in [2.45, 2.75) is 45.1 Å². The van der Waals surface area contributed by atoms with Gasteiger partial charge in [-0.25, -0.2) is 0 Å². The summed E-state index contributed by atoms with van der Waals surface area (Å²) in [7, 11) is 1.80. The first-order valence-corrected chi connectivity index (χ1v) is 10.1. The van der Waals surface area contributed by atoms with Crippen molar-refractivity contribution in [1.29, 1.82) is 0 Å². The Kier molecular flexibility index (Phi) is 4.84. The van der Waals surface area contributed by atoms with Gasteiger partial charge in [-0.3, -0.25) is 9.59 Å². The molecule has 28 heavy (non-hydrogen) atoms. The number of likely N-dealkylation sites (N-methyl/N-ethyl adjacent to an activating group) is 1. The second kappa shape index (κ2) is 7.30. The van der Waals surface area contributed by atoms with Gasteiger partial charge in [-0.2, -0.15) is 0 Å². The molecule has 5 nitrogen and oxygen atoms in total. The van der Waals surface area contributed by atoms with Crippen molar-refractivity contribution in [3.8, 4) is 0 Å². The molecule has 0 aliphatic carbocycles. The van der Waals surface area contributed by atoms with Crippen LogP contribution in [0.2, 0.25) is 0 Å². The van der Waals surface area contributed by atoms with Crippen LogP contribution in [0.15, 0.2) is 42.5 Å². The van der Waals surface area contributed by atoms with Crippen LogP contribution in [-0.2, 0) is 4.79 Å². The van der Waals surface area contributed by atoms with Gasteiger partial charge in [-0.05, 0) is 61.1 Å². The van der Waals surface area contributed by atoms with Crippen LogP contribution in [0.25, 0.3) is 0 Å². The summed E-state index contributed by atoms with van der Waals surface area (Å²) < 4.78 is 0. The highest BCUT2D eigenvalue weighted by Gasteiger charge is 2.37. The smallest absolute Gasteiger partial charge is 0.255 e. The fourth-order valence-electron chi connectivity index (χ4n) is 4.15. The third-order valence-electron chi connectivity index (χ3n) is 5.86. The number of carbonyl (C=O) groups is 2. The number of piperidine rings is 1. The Morgan fingerprint density at radius 2 is 1.82 bits per heavy atom. The fraction of sp³-hybridized carbons (Fsp3) is 0.391. The highest BCUT2D eigenvalue weighted by Crippen LogP contribution is 2.39. The zero-order chi connectivity index (χ0) is 19.8. The zero-order valence-corrected chi connectivity index (χ0v) is 16.7. The summed E-state index contributed by atoms with van der Waals surface area (Å²) in [4.78, 5) is 29.4. The Balaban J connectivity index is 1.58. The van der Waals surface area contributed by atoms with Gasteiger partial charge in [0.05, 0.1) is 11.4 Å². The van der Waals surface area contributed by atoms with E-state index in [1.807, 2.05) is 42.5 Å². The minimum absolute atomic E-state index is 0.0644. The average molecular weight is 377 g/mol. The van der Waals surface area contributed by atoms with Gasteiger partial charge >= 0.3 is 0 Å². The number of nitrogens with zero attached hydrogens (tertiary/aromatic N) is 2. The highest BCUT2D eigenvalue weighted by molar-refractivity contribution is 6.09. The van der Waals surface area contributed by atoms with Crippen molar-refractivity contribution < 1.29 is 9.59 Å². The van der Waals surface area contributed by atoms with Crippen molar-refractivity contribution >= 4 is 28.9 Å². The first kappa shape index (κ1) is 18.5. The van der Waals surface area contributed by atoms with Crippen LogP contribution >= 0.6 is 0 Å². The molecule has 1 N–H and O–H groups in total. The maximum Gasteiger partial charge on any atom is 0.255 e. The van der Waals surface area contributed by atoms with E-state index in [9.17, 15) is 9.59 Å². The van der Waals surface area contributed by atoms with Crippen molar-refractivity contribution in [3.05, 3.63) is 53.6 Å². The maximum atomic E-state index is 12.8. The molecule has 0 spiro atoms. The number of nitrogens with one attached hydrogen (secondary N) is 1. The number of hydrogen-bond acceptors (Lipinski definition) is 3. The summed E-state index contributed by atoms with van der Waals surface area (Å²) in [6.07, 6.45) is 3.09. The molecular formula is C23H27N3O2. The predicted molar refractivity (Wildman–Crippen MR) is 113 cm³/mol. The average Bonchev–Trinajstić information content (AvgIpc) is 2.72. The van der Waals surface area contributed by atoms with E-state index < -0.39 is 0 Å². The van der Waals surface area contributed by atoms with Crippen LogP contribution in [0.3, 0.4) is 0 Å². The van der Waals surface area contributed by atoms with Gasteiger partial charge in [0.2, 0.25) is 5.91 Å². The molecule has 0 aromatic heterocycles. The van der Waals surface area contributed by atoms with E-state index in [-0.39, 0.29) is 17.9 Å². The lowest BCUT2D eigenvalue weighted by Gasteiger charge is -2.44. The highest BCUT2D eigenvalue weighted by atomic mass is 16.2. The van der Waals surface area contributed by atoms with Crippen LogP contribution in [0, 0.1) is 0 Å². The molecule has 0 radical (unpaired) electrons. The van der Waals surface area contributed by atoms with E-state index in [1.54, 1.807) is 11.9 Å². The Morgan fingerprint density at radius 1 is 1.07 bits per heavy atom. The van der Waals surface area contributed by atoms with Gasteiger partial charge < -0.3 is 15.1 Å². The Hall–Kier alpha value is -2.82. The number of carbonyl (C=O) groups excluding carboxylic acids is 2. The van der Waals surface area contributed by atoms with E-state index in [1.165, 1.54) is 5.56 Å². The predicted octanol–water partition coefficient (Wildman–Crippen LogP) is 4.40. The molecule has 146 valence electrons. The summed E-state index contributed by atoms with van der Waals surface area (Å²) in [6.45, 7) is 5.18. The minimum atomic E-state index is -0.165. The summed E-state index contributed by atoms with van der Waals surface area (Å²) in [6, 6.07) is 13.5. The normalized spacial score (nSPS) is 18.7. The zero-order valence-electron chi connectivity index (χ0n) is 16.7. The van der Waals surface area contributed by atoms with Crippen molar-refractivity contribution in [2.75, 3.05) is 28.7 Å². The molecule has 1 fully saturated rings. The SMILES string of the molecule is CC(C)c1ccc(NC(=O)c2ccc3c(c2)N(C)C(=O)[C@@H]2CCCCN32)cc1. The summed E-state index contributed by atoms with van der Waals surface area (Å²) in [5.74, 6) is 0.410. The van der Waals surface area contributed by atoms with Crippen LogP contribution in [0.1, 0.15) is 54.9 Å². The van der Waals surface area contributed by atoms with Gasteiger partial charge in [0.15, 0.2) is 0 Å². The standard InChI is InChI=1S/C23H27N3O2/c1-15(2)16-7-10-18(11-8-16)24-22(27)17-9-12-19-21(14-17)25(3)23(28)20-6-4-5-13-26(19)20/h7-12,14-15,20H,4-6,13H2,1-3H3,(H,24,27)/t20-/m0/s1. The number of anilines is 3. The van der Waals surface area contributed by atoms with Gasteiger partial charge in [0.25, 0.3) is 5.91 Å². The second-order valence-electron chi connectivity index (χ2n) is 8.04. The molecule has 0 unspecified atom stereocenters. The molecule has 2 aromatic rings. The minimum Gasteiger partial charge on any atom is -0.358 e. The topological polar surface area (TPSA) is 52.7 Å². The van der Waals surface area contributed by atoms with E-state index in [4.69, 9.17) is 0 Å². The largest absolute Gasteiger partial charge is 0.358 e. The van der Waals surface area contributed by atoms with Crippen molar-refractivity contribution in [3.63, 3.8) is 0 Å². The summed E-state index contributed by atoms with van der Waals surface area (Å²) in [5, 5.41) is 2.96. The quantitative estimate of drug-likeness (QED) is 0.863. The lowest BCUT2D eigenvalue weighted by molar-refractivity contribution is -0.120. The molecule has 2 heterocycles. The number of rotatable bonds is 3. The number of hydrogen-bond donors (Lipinski definition) is 1. The van der Waals surface area contributed by atoms with Crippen molar-refractivity contribution in [2.24, 2.45) is 0 Å². The molecule has 0 saturated carbocycles. The molecule has 2 aliphatic rings. The molecule has 1 saturated heterocycles. The Bertz CT molecular complexity index is 905. The molecule has 0 bridgehead atoms. The van der Waals surface area contributed by atoms with Gasteiger partial charge in [0, 0.05) is 24.8 Å². The first-order chi connectivity index (χ1) is 13.5. The molecular weight excluding hydrogens is 350 g/mol. The molecule has 1 atom stereocenters. The third kappa shape index (κ3) is 3.26. The lowest BCUT2D eigenvalue weighted by Crippen LogP contribution is -2.54. The van der Waals surface area contributed by atoms with Crippen LogP contribution in [-0.4, -0.2) is 31.4 Å². The lowest BCUT2D eigenvalue weighted by atomic mass is 9.96. The summed E-state index contributed by atoms with van der Waals surface area (Å²) >= 11 is 0. The fourth-order valence-corrected chi connectivity index (χ4v) is 4.15. The Labute approximate surface area is 166 Å². The molecule has 4 rings (SSSR count). The summed E-state index contributed by atoms with van der Waals surface area (Å²) in [5.41, 5.74) is 4.42. The third-order valence-corrected chi connectivity index (χ3v) is 5.86. The van der Waals surface area contributed by atoms with Crippen LogP contribution in [0.5, 0.6) is 0 Å².